The molecule has 1 fully saturated rings. The van der Waals surface area contributed by atoms with Crippen molar-refractivity contribution in [1.29, 1.82) is 0 Å². The minimum absolute atomic E-state index is 0. The van der Waals surface area contributed by atoms with E-state index >= 15 is 0 Å². The number of benzene rings is 1. The first kappa shape index (κ1) is 22.2. The Balaban J connectivity index is 0.000000427. The molecule has 23 heavy (non-hydrogen) atoms. The Hall–Kier alpha value is -0.780. The van der Waals surface area contributed by atoms with E-state index in [1.165, 1.54) is 24.8 Å². The van der Waals surface area contributed by atoms with Gasteiger partial charge in [0.2, 0.25) is 0 Å². The zero-order valence-corrected chi connectivity index (χ0v) is 16.2. The van der Waals surface area contributed by atoms with Crippen LogP contribution in [0.1, 0.15) is 93.6 Å². The molecule has 0 nitrogen and oxygen atoms in total. The Kier molecular flexibility index (Phi) is 8.60. The molecular weight excluding hydrogens is 276 g/mol. The standard InChI is InChI=1S/C13H26.C9H12.CH4/c1-10(2)11-12(3,4)8-7-9-13(11,5)6;1-8(2)9-6-4-3-5-7-9;/h10-11H,7-9H2,1-6H3;3-8H,1-2H3;1H4. The maximum atomic E-state index is 2.46. The van der Waals surface area contributed by atoms with Crippen molar-refractivity contribution in [3.63, 3.8) is 0 Å². The van der Waals surface area contributed by atoms with E-state index in [9.17, 15) is 0 Å². The van der Waals surface area contributed by atoms with Crippen molar-refractivity contribution in [3.8, 4) is 0 Å². The van der Waals surface area contributed by atoms with Crippen LogP contribution in [-0.4, -0.2) is 0 Å². The summed E-state index contributed by atoms with van der Waals surface area (Å²) in [4.78, 5) is 0. The van der Waals surface area contributed by atoms with Gasteiger partial charge in [0, 0.05) is 0 Å². The molecule has 2 rings (SSSR count). The predicted octanol–water partition coefficient (Wildman–Crippen LogP) is 7.94. The van der Waals surface area contributed by atoms with Gasteiger partial charge in [0.05, 0.1) is 0 Å². The molecule has 1 saturated carbocycles. The molecule has 0 N–H and O–H groups in total. The number of rotatable bonds is 2. The SMILES string of the molecule is C.CC(C)C1C(C)(C)CCCC1(C)C.CC(C)c1ccccc1. The molecule has 0 unspecified atom stereocenters. The summed E-state index contributed by atoms with van der Waals surface area (Å²) in [7, 11) is 0. The quantitative estimate of drug-likeness (QED) is 0.519. The molecule has 1 aromatic rings. The fourth-order valence-electron chi connectivity index (χ4n) is 5.01. The predicted molar refractivity (Wildman–Crippen MR) is 107 cm³/mol. The van der Waals surface area contributed by atoms with E-state index in [0.717, 1.165) is 11.8 Å². The molecule has 0 bridgehead atoms. The first-order valence-corrected chi connectivity index (χ1v) is 9.13. The zero-order valence-electron chi connectivity index (χ0n) is 16.2. The van der Waals surface area contributed by atoms with Gasteiger partial charge in [0.25, 0.3) is 0 Å². The molecule has 1 aliphatic carbocycles. The first-order valence-electron chi connectivity index (χ1n) is 9.13. The Morgan fingerprint density at radius 1 is 0.826 bits per heavy atom. The average Bonchev–Trinajstić information content (AvgIpc) is 2.37. The third-order valence-corrected chi connectivity index (χ3v) is 5.46. The molecule has 0 amide bonds. The Labute approximate surface area is 147 Å². The van der Waals surface area contributed by atoms with Crippen LogP contribution < -0.4 is 0 Å². The maximum absolute atomic E-state index is 2.46. The molecule has 0 radical (unpaired) electrons. The Bertz CT molecular complexity index is 407. The topological polar surface area (TPSA) is 0 Å². The molecule has 0 heteroatoms. The fraction of sp³-hybridized carbons (Fsp3) is 0.739. The van der Waals surface area contributed by atoms with E-state index in [2.05, 4.69) is 79.7 Å². The number of hydrogen-bond acceptors (Lipinski definition) is 0. The van der Waals surface area contributed by atoms with Crippen LogP contribution in [0.2, 0.25) is 0 Å². The summed E-state index contributed by atoms with van der Waals surface area (Å²) < 4.78 is 0. The zero-order chi connectivity index (χ0) is 17.0. The van der Waals surface area contributed by atoms with Crippen LogP contribution in [0.15, 0.2) is 30.3 Å². The van der Waals surface area contributed by atoms with Crippen molar-refractivity contribution in [2.45, 2.75) is 88.0 Å². The van der Waals surface area contributed by atoms with Gasteiger partial charge in [-0.1, -0.05) is 99.6 Å². The van der Waals surface area contributed by atoms with Gasteiger partial charge in [-0.25, -0.2) is 0 Å². The van der Waals surface area contributed by atoms with Crippen LogP contribution in [0, 0.1) is 22.7 Å². The van der Waals surface area contributed by atoms with Gasteiger partial charge < -0.3 is 0 Å². The second kappa shape index (κ2) is 8.90. The molecule has 0 aliphatic heterocycles. The first-order chi connectivity index (χ1) is 10.1. The molecule has 0 saturated heterocycles. The van der Waals surface area contributed by atoms with E-state index < -0.39 is 0 Å². The van der Waals surface area contributed by atoms with Crippen LogP contribution in [0.5, 0.6) is 0 Å². The lowest BCUT2D eigenvalue weighted by atomic mass is 9.54. The van der Waals surface area contributed by atoms with Crippen molar-refractivity contribution in [3.05, 3.63) is 35.9 Å². The van der Waals surface area contributed by atoms with Gasteiger partial charge in [-0.05, 0) is 47.0 Å². The smallest absolute Gasteiger partial charge is 0.0219 e. The van der Waals surface area contributed by atoms with Crippen molar-refractivity contribution in [1.82, 2.24) is 0 Å². The van der Waals surface area contributed by atoms with Crippen molar-refractivity contribution in [2.24, 2.45) is 22.7 Å². The van der Waals surface area contributed by atoms with Gasteiger partial charge in [-0.2, -0.15) is 0 Å². The highest BCUT2D eigenvalue weighted by Gasteiger charge is 2.44. The summed E-state index contributed by atoms with van der Waals surface area (Å²) in [5.74, 6) is 2.37. The molecule has 1 aromatic carbocycles. The third kappa shape index (κ3) is 6.32. The largest absolute Gasteiger partial charge is 0.0776 e. The molecule has 134 valence electrons. The summed E-state index contributed by atoms with van der Waals surface area (Å²) in [6.45, 7) is 19.0. The molecule has 0 aromatic heterocycles. The van der Waals surface area contributed by atoms with Gasteiger partial charge >= 0.3 is 0 Å². The monoisotopic (exact) mass is 318 g/mol. The van der Waals surface area contributed by atoms with E-state index in [4.69, 9.17) is 0 Å². The molecule has 1 aliphatic rings. The van der Waals surface area contributed by atoms with Gasteiger partial charge in [0.1, 0.15) is 0 Å². The van der Waals surface area contributed by atoms with Crippen LogP contribution in [0.25, 0.3) is 0 Å². The van der Waals surface area contributed by atoms with Gasteiger partial charge in [-0.3, -0.25) is 0 Å². The second-order valence-corrected chi connectivity index (χ2v) is 9.12. The van der Waals surface area contributed by atoms with Crippen molar-refractivity contribution < 1.29 is 0 Å². The molecule has 0 atom stereocenters. The van der Waals surface area contributed by atoms with Crippen LogP contribution in [0.3, 0.4) is 0 Å². The second-order valence-electron chi connectivity index (χ2n) is 9.12. The van der Waals surface area contributed by atoms with E-state index in [1.54, 1.807) is 0 Å². The van der Waals surface area contributed by atoms with Crippen LogP contribution in [-0.2, 0) is 0 Å². The maximum Gasteiger partial charge on any atom is -0.0219 e. The highest BCUT2D eigenvalue weighted by atomic mass is 14.5. The minimum Gasteiger partial charge on any atom is -0.0776 e. The molecule has 0 spiro atoms. The minimum atomic E-state index is 0. The van der Waals surface area contributed by atoms with Crippen molar-refractivity contribution in [2.75, 3.05) is 0 Å². The number of hydrogen-bond donors (Lipinski definition) is 0. The summed E-state index contributed by atoms with van der Waals surface area (Å²) in [5, 5.41) is 0. The van der Waals surface area contributed by atoms with E-state index in [-0.39, 0.29) is 7.43 Å². The summed E-state index contributed by atoms with van der Waals surface area (Å²) >= 11 is 0. The third-order valence-electron chi connectivity index (χ3n) is 5.46. The fourth-order valence-corrected chi connectivity index (χ4v) is 5.01. The summed E-state index contributed by atoms with van der Waals surface area (Å²) in [6, 6.07) is 10.5. The normalized spacial score (nSPS) is 19.7. The Morgan fingerprint density at radius 3 is 1.52 bits per heavy atom. The van der Waals surface area contributed by atoms with E-state index in [0.29, 0.717) is 16.7 Å². The summed E-state index contributed by atoms with van der Waals surface area (Å²) in [6.07, 6.45) is 4.25. The molecule has 0 heterocycles. The highest BCUT2D eigenvalue weighted by Crippen LogP contribution is 2.53. The lowest BCUT2D eigenvalue weighted by molar-refractivity contribution is -0.0176. The summed E-state index contributed by atoms with van der Waals surface area (Å²) in [5.41, 5.74) is 2.52. The molecular formula is C23H42. The van der Waals surface area contributed by atoms with Gasteiger partial charge in [-0.15, -0.1) is 0 Å². The van der Waals surface area contributed by atoms with Crippen LogP contribution >= 0.6 is 0 Å². The van der Waals surface area contributed by atoms with Crippen molar-refractivity contribution >= 4 is 0 Å². The van der Waals surface area contributed by atoms with E-state index in [1.807, 2.05) is 6.07 Å². The Morgan fingerprint density at radius 2 is 1.26 bits per heavy atom. The average molecular weight is 319 g/mol. The van der Waals surface area contributed by atoms with Crippen LogP contribution in [0.4, 0.5) is 0 Å². The highest BCUT2D eigenvalue weighted by molar-refractivity contribution is 5.17. The van der Waals surface area contributed by atoms with Gasteiger partial charge in [0.15, 0.2) is 0 Å². The lowest BCUT2D eigenvalue weighted by Crippen LogP contribution is -2.43. The lowest BCUT2D eigenvalue weighted by Gasteiger charge is -2.51.